The molecule has 0 unspecified atom stereocenters. The van der Waals surface area contributed by atoms with Crippen LogP contribution in [0.25, 0.3) is 11.1 Å². The van der Waals surface area contributed by atoms with Crippen molar-refractivity contribution < 1.29 is 18.0 Å². The average Bonchev–Trinajstić information content (AvgIpc) is 2.45. The summed E-state index contributed by atoms with van der Waals surface area (Å²) in [6, 6.07) is 10.3. The van der Waals surface area contributed by atoms with Crippen molar-refractivity contribution in [2.24, 2.45) is 0 Å². The third kappa shape index (κ3) is 3.79. The molecular weight excluding hydrogens is 292 g/mol. The molecule has 0 aliphatic rings. The van der Waals surface area contributed by atoms with Gasteiger partial charge < -0.3 is 4.84 Å². The van der Waals surface area contributed by atoms with Gasteiger partial charge in [0.05, 0.1) is 11.9 Å². The Morgan fingerprint density at radius 1 is 1.14 bits per heavy atom. The zero-order valence-corrected chi connectivity index (χ0v) is 12.4. The number of nitrogens with zero attached hydrogens (tertiary/aromatic N) is 2. The third-order valence-corrected chi connectivity index (χ3v) is 3.47. The van der Waals surface area contributed by atoms with Gasteiger partial charge >= 0.3 is 5.97 Å². The second kappa shape index (κ2) is 5.92. The quantitative estimate of drug-likeness (QED) is 0.807. The number of benzene rings is 1. The molecule has 1 heterocycles. The first-order chi connectivity index (χ1) is 9.88. The molecule has 0 radical (unpaired) electrons. The summed E-state index contributed by atoms with van der Waals surface area (Å²) in [4.78, 5) is 19.8. The fraction of sp³-hybridized carbons (Fsp3) is 0.143. The van der Waals surface area contributed by atoms with Crippen LogP contribution in [0.1, 0.15) is 6.92 Å². The molecule has 0 bridgehead atoms. The predicted molar refractivity (Wildman–Crippen MR) is 78.8 cm³/mol. The van der Waals surface area contributed by atoms with E-state index in [0.29, 0.717) is 4.47 Å². The van der Waals surface area contributed by atoms with Crippen LogP contribution in [0.3, 0.4) is 0 Å². The van der Waals surface area contributed by atoms with Crippen molar-refractivity contribution in [1.29, 1.82) is 0 Å². The van der Waals surface area contributed by atoms with Crippen molar-refractivity contribution in [2.75, 3.05) is 10.7 Å². The van der Waals surface area contributed by atoms with E-state index in [9.17, 15) is 13.2 Å². The largest absolute Gasteiger partial charge is 0.330 e. The first kappa shape index (κ1) is 15.0. The van der Waals surface area contributed by atoms with Crippen LogP contribution in [0.4, 0.5) is 5.69 Å². The Balaban J connectivity index is 2.34. The van der Waals surface area contributed by atoms with Crippen LogP contribution < -0.4 is 4.47 Å². The van der Waals surface area contributed by atoms with Crippen LogP contribution in [0.5, 0.6) is 0 Å². The van der Waals surface area contributed by atoms with Gasteiger partial charge in [-0.15, -0.1) is 0 Å². The van der Waals surface area contributed by atoms with Gasteiger partial charge in [0.25, 0.3) is 10.0 Å². The van der Waals surface area contributed by atoms with E-state index >= 15 is 0 Å². The fourth-order valence-corrected chi connectivity index (χ4v) is 2.48. The molecule has 0 spiro atoms. The first-order valence-corrected chi connectivity index (χ1v) is 7.92. The monoisotopic (exact) mass is 306 g/mol. The van der Waals surface area contributed by atoms with Gasteiger partial charge in [0, 0.05) is 19.3 Å². The minimum Gasteiger partial charge on any atom is -0.326 e. The molecule has 0 aliphatic carbocycles. The minimum atomic E-state index is -3.71. The van der Waals surface area contributed by atoms with Crippen LogP contribution >= 0.6 is 0 Å². The van der Waals surface area contributed by atoms with Crippen LogP contribution in [-0.2, 0) is 19.7 Å². The van der Waals surface area contributed by atoms with Gasteiger partial charge in [-0.05, 0) is 29.3 Å². The minimum absolute atomic E-state index is 0.250. The molecule has 2 rings (SSSR count). The van der Waals surface area contributed by atoms with Gasteiger partial charge in [-0.25, -0.2) is 13.2 Å². The van der Waals surface area contributed by atoms with Gasteiger partial charge in [-0.2, -0.15) is 0 Å². The van der Waals surface area contributed by atoms with Crippen molar-refractivity contribution in [1.82, 2.24) is 4.98 Å². The second-order valence-corrected chi connectivity index (χ2v) is 6.16. The third-order valence-electron chi connectivity index (χ3n) is 2.59. The van der Waals surface area contributed by atoms with Crippen molar-refractivity contribution >= 4 is 21.7 Å². The second-order valence-electron chi connectivity index (χ2n) is 4.36. The number of hydrogen-bond donors (Lipinski definition) is 0. The van der Waals surface area contributed by atoms with E-state index in [1.165, 1.54) is 0 Å². The molecule has 0 fully saturated rings. The van der Waals surface area contributed by atoms with E-state index in [2.05, 4.69) is 4.98 Å². The summed E-state index contributed by atoms with van der Waals surface area (Å²) in [7, 11) is -3.71. The summed E-state index contributed by atoms with van der Waals surface area (Å²) in [6.07, 6.45) is 4.34. The predicted octanol–water partition coefficient (Wildman–Crippen LogP) is 1.99. The van der Waals surface area contributed by atoms with Crippen molar-refractivity contribution in [2.45, 2.75) is 6.92 Å². The van der Waals surface area contributed by atoms with Crippen molar-refractivity contribution in [3.63, 3.8) is 0 Å². The molecule has 0 saturated carbocycles. The summed E-state index contributed by atoms with van der Waals surface area (Å²) >= 11 is 0. The Morgan fingerprint density at radius 3 is 2.29 bits per heavy atom. The van der Waals surface area contributed by atoms with Gasteiger partial charge in [0.1, 0.15) is 0 Å². The number of aromatic nitrogens is 1. The fourth-order valence-electron chi connectivity index (χ4n) is 1.74. The molecule has 0 amide bonds. The Labute approximate surface area is 123 Å². The Bertz CT molecular complexity index is 727. The number of anilines is 1. The van der Waals surface area contributed by atoms with Crippen molar-refractivity contribution in [3.05, 3.63) is 48.8 Å². The molecule has 0 N–H and O–H groups in total. The number of carbonyl (C=O) groups excluding carboxylic acids is 1. The maximum Gasteiger partial charge on any atom is 0.330 e. The number of carbonyl (C=O) groups is 1. The Kier molecular flexibility index (Phi) is 4.23. The van der Waals surface area contributed by atoms with Crippen molar-refractivity contribution in [3.8, 4) is 11.1 Å². The maximum absolute atomic E-state index is 11.7. The lowest BCUT2D eigenvalue weighted by molar-refractivity contribution is -0.140. The number of rotatable bonds is 4. The smallest absolute Gasteiger partial charge is 0.326 e. The van der Waals surface area contributed by atoms with E-state index < -0.39 is 16.0 Å². The highest BCUT2D eigenvalue weighted by atomic mass is 32.2. The molecule has 110 valence electrons. The molecule has 7 heteroatoms. The molecule has 1 aromatic heterocycles. The molecule has 2 aromatic rings. The topological polar surface area (TPSA) is 76.6 Å². The molecule has 0 aliphatic heterocycles. The lowest BCUT2D eigenvalue weighted by Gasteiger charge is -2.19. The van der Waals surface area contributed by atoms with Gasteiger partial charge in [0.2, 0.25) is 0 Å². The number of pyridine rings is 1. The van der Waals surface area contributed by atoms with Crippen LogP contribution in [0.2, 0.25) is 0 Å². The molecule has 0 atom stereocenters. The molecular formula is C14H14N2O4S. The zero-order valence-electron chi connectivity index (χ0n) is 11.6. The Hall–Kier alpha value is -2.41. The van der Waals surface area contributed by atoms with Gasteiger partial charge in [-0.3, -0.25) is 4.98 Å². The number of sulfonamides is 1. The highest BCUT2D eigenvalue weighted by Crippen LogP contribution is 2.24. The highest BCUT2D eigenvalue weighted by Gasteiger charge is 2.21. The van der Waals surface area contributed by atoms with Crippen LogP contribution in [-0.4, -0.2) is 25.6 Å². The van der Waals surface area contributed by atoms with Gasteiger partial charge in [-0.1, -0.05) is 22.7 Å². The standard InChI is InChI=1S/C14H14N2O4S/c1-11(17)20-16(21(2,18)19)14-7-5-12(6-8-14)13-4-3-9-15-10-13/h3-10H,1-2H3. The summed E-state index contributed by atoms with van der Waals surface area (Å²) in [5.74, 6) is -0.711. The average molecular weight is 306 g/mol. The Morgan fingerprint density at radius 2 is 1.81 bits per heavy atom. The lowest BCUT2D eigenvalue weighted by atomic mass is 10.1. The van der Waals surface area contributed by atoms with Gasteiger partial charge in [0.15, 0.2) is 0 Å². The summed E-state index contributed by atoms with van der Waals surface area (Å²) in [5, 5.41) is 0. The maximum atomic E-state index is 11.7. The molecule has 6 nitrogen and oxygen atoms in total. The highest BCUT2D eigenvalue weighted by molar-refractivity contribution is 7.91. The van der Waals surface area contributed by atoms with E-state index in [1.54, 1.807) is 36.7 Å². The zero-order chi connectivity index (χ0) is 15.5. The molecule has 21 heavy (non-hydrogen) atoms. The SMILES string of the molecule is CC(=O)ON(c1ccc(-c2cccnc2)cc1)S(C)(=O)=O. The summed E-state index contributed by atoms with van der Waals surface area (Å²) in [5.41, 5.74) is 2.03. The molecule has 0 saturated heterocycles. The summed E-state index contributed by atoms with van der Waals surface area (Å²) in [6.45, 7) is 1.14. The summed E-state index contributed by atoms with van der Waals surface area (Å²) < 4.78 is 23.9. The van der Waals surface area contributed by atoms with Crippen LogP contribution in [0, 0.1) is 0 Å². The van der Waals surface area contributed by atoms with E-state index in [1.807, 2.05) is 12.1 Å². The van der Waals surface area contributed by atoms with E-state index in [-0.39, 0.29) is 5.69 Å². The normalized spacial score (nSPS) is 11.0. The van der Waals surface area contributed by atoms with E-state index in [4.69, 9.17) is 4.84 Å². The molecule has 1 aromatic carbocycles. The first-order valence-electron chi connectivity index (χ1n) is 6.07. The number of hydrogen-bond acceptors (Lipinski definition) is 5. The van der Waals surface area contributed by atoms with E-state index in [0.717, 1.165) is 24.3 Å². The lowest BCUT2D eigenvalue weighted by Crippen LogP contribution is -2.31. The van der Waals surface area contributed by atoms with Crippen LogP contribution in [0.15, 0.2) is 48.8 Å².